The number of anilines is 1. The molecular weight excluding hydrogens is 494 g/mol. The van der Waals surface area contributed by atoms with Gasteiger partial charge in [0.25, 0.3) is 0 Å². The van der Waals surface area contributed by atoms with Crippen molar-refractivity contribution in [3.05, 3.63) is 64.1 Å². The van der Waals surface area contributed by atoms with Crippen molar-refractivity contribution in [1.29, 1.82) is 0 Å². The maximum Gasteiger partial charge on any atom is 0.244 e. The van der Waals surface area contributed by atoms with Crippen molar-refractivity contribution in [1.82, 2.24) is 10.2 Å². The fraction of sp³-hybridized carbons (Fsp3) is 0.391. The summed E-state index contributed by atoms with van der Waals surface area (Å²) in [5.41, 5.74) is 2.24. The van der Waals surface area contributed by atoms with E-state index < -0.39 is 28.5 Å². The molecule has 0 fully saturated rings. The molecule has 2 rings (SSSR count). The molecule has 1 atom stereocenters. The maximum atomic E-state index is 13.4. The lowest BCUT2D eigenvalue weighted by Gasteiger charge is -2.32. The highest BCUT2D eigenvalue weighted by molar-refractivity contribution is 9.10. The quantitative estimate of drug-likeness (QED) is 0.516. The number of para-hydroxylation sites is 1. The Morgan fingerprint density at radius 1 is 1.09 bits per heavy atom. The predicted octanol–water partition coefficient (Wildman–Crippen LogP) is 3.47. The molecule has 0 saturated carbocycles. The van der Waals surface area contributed by atoms with E-state index in [2.05, 4.69) is 21.2 Å². The van der Waals surface area contributed by atoms with Gasteiger partial charge in [0, 0.05) is 17.6 Å². The van der Waals surface area contributed by atoms with E-state index in [-0.39, 0.29) is 12.5 Å². The van der Waals surface area contributed by atoms with Crippen molar-refractivity contribution in [2.24, 2.45) is 0 Å². The molecule has 0 unspecified atom stereocenters. The number of rotatable bonds is 10. The number of nitrogens with zero attached hydrogens (tertiary/aromatic N) is 2. The normalized spacial score (nSPS) is 12.2. The largest absolute Gasteiger partial charge is 0.354 e. The van der Waals surface area contributed by atoms with Gasteiger partial charge in [0.1, 0.15) is 12.6 Å². The van der Waals surface area contributed by atoms with E-state index in [1.807, 2.05) is 38.1 Å². The highest BCUT2D eigenvalue weighted by Crippen LogP contribution is 2.28. The van der Waals surface area contributed by atoms with Gasteiger partial charge in [-0.25, -0.2) is 8.42 Å². The number of hydrogen-bond donors (Lipinski definition) is 1. The summed E-state index contributed by atoms with van der Waals surface area (Å²) in [6, 6.07) is 13.6. The predicted molar refractivity (Wildman–Crippen MR) is 131 cm³/mol. The molecule has 2 aromatic rings. The van der Waals surface area contributed by atoms with Crippen molar-refractivity contribution in [2.75, 3.05) is 23.7 Å². The van der Waals surface area contributed by atoms with Crippen molar-refractivity contribution >= 4 is 43.5 Å². The van der Waals surface area contributed by atoms with Crippen LogP contribution in [0.5, 0.6) is 0 Å². The Hall–Kier alpha value is -2.39. The summed E-state index contributed by atoms with van der Waals surface area (Å²) in [7, 11) is -3.75. The number of amides is 2. The topological polar surface area (TPSA) is 86.8 Å². The Bertz CT molecular complexity index is 1060. The Morgan fingerprint density at radius 2 is 1.72 bits per heavy atom. The SMILES string of the molecule is CCCNC(=O)[C@H](C)N(Cc1ccccc1C)C(=O)CN(c1ccccc1Br)S(C)(=O)=O. The van der Waals surface area contributed by atoms with E-state index in [0.29, 0.717) is 16.7 Å². The molecule has 0 aliphatic heterocycles. The number of hydrogen-bond acceptors (Lipinski definition) is 4. The molecule has 2 aromatic carbocycles. The number of aryl methyl sites for hydroxylation is 1. The summed E-state index contributed by atoms with van der Waals surface area (Å²) in [6.07, 6.45) is 1.83. The van der Waals surface area contributed by atoms with Crippen LogP contribution in [0.1, 0.15) is 31.4 Å². The van der Waals surface area contributed by atoms with Crippen LogP contribution in [0, 0.1) is 6.92 Å². The van der Waals surface area contributed by atoms with Gasteiger partial charge < -0.3 is 10.2 Å². The third kappa shape index (κ3) is 6.80. The molecule has 0 aromatic heterocycles. The molecule has 0 radical (unpaired) electrons. The van der Waals surface area contributed by atoms with Crippen LogP contribution in [0.3, 0.4) is 0 Å². The smallest absolute Gasteiger partial charge is 0.244 e. The van der Waals surface area contributed by atoms with Crippen LogP contribution in [-0.4, -0.2) is 50.5 Å². The average Bonchev–Trinajstić information content (AvgIpc) is 2.74. The number of sulfonamides is 1. The molecule has 1 N–H and O–H groups in total. The number of halogens is 1. The zero-order valence-electron chi connectivity index (χ0n) is 18.8. The Labute approximate surface area is 199 Å². The molecule has 0 spiro atoms. The Kier molecular flexibility index (Phi) is 9.27. The first kappa shape index (κ1) is 25.9. The second-order valence-corrected chi connectivity index (χ2v) is 10.4. The summed E-state index contributed by atoms with van der Waals surface area (Å²) in [5, 5.41) is 2.82. The Morgan fingerprint density at radius 3 is 2.31 bits per heavy atom. The highest BCUT2D eigenvalue weighted by Gasteiger charge is 2.30. The van der Waals surface area contributed by atoms with E-state index in [1.54, 1.807) is 31.2 Å². The molecule has 0 saturated heterocycles. The van der Waals surface area contributed by atoms with Crippen molar-refractivity contribution < 1.29 is 18.0 Å². The highest BCUT2D eigenvalue weighted by atomic mass is 79.9. The number of carbonyl (C=O) groups is 2. The van der Waals surface area contributed by atoms with E-state index >= 15 is 0 Å². The number of nitrogens with one attached hydrogen (secondary N) is 1. The van der Waals surface area contributed by atoms with Crippen LogP contribution < -0.4 is 9.62 Å². The minimum Gasteiger partial charge on any atom is -0.354 e. The zero-order valence-corrected chi connectivity index (χ0v) is 21.2. The molecule has 0 aliphatic rings. The first-order chi connectivity index (χ1) is 15.1. The van der Waals surface area contributed by atoms with Crippen LogP contribution in [0.25, 0.3) is 0 Å². The minimum atomic E-state index is -3.75. The van der Waals surface area contributed by atoms with Gasteiger partial charge in [-0.15, -0.1) is 0 Å². The third-order valence-corrected chi connectivity index (χ3v) is 6.92. The molecule has 9 heteroatoms. The number of carbonyl (C=O) groups excluding carboxylic acids is 2. The van der Waals surface area contributed by atoms with Crippen LogP contribution >= 0.6 is 15.9 Å². The lowest BCUT2D eigenvalue weighted by Crippen LogP contribution is -2.51. The molecule has 32 heavy (non-hydrogen) atoms. The fourth-order valence-electron chi connectivity index (χ4n) is 3.20. The zero-order chi connectivity index (χ0) is 23.9. The first-order valence-corrected chi connectivity index (χ1v) is 13.0. The van der Waals surface area contributed by atoms with E-state index in [0.717, 1.165) is 28.1 Å². The van der Waals surface area contributed by atoms with E-state index in [1.165, 1.54) is 4.90 Å². The number of benzene rings is 2. The average molecular weight is 524 g/mol. The van der Waals surface area contributed by atoms with Crippen LogP contribution in [0.4, 0.5) is 5.69 Å². The maximum absolute atomic E-state index is 13.4. The fourth-order valence-corrected chi connectivity index (χ4v) is 4.68. The summed E-state index contributed by atoms with van der Waals surface area (Å²) in [4.78, 5) is 27.6. The molecule has 174 valence electrons. The second-order valence-electron chi connectivity index (χ2n) is 7.64. The summed E-state index contributed by atoms with van der Waals surface area (Å²) in [5.74, 6) is -0.742. The molecular formula is C23H30BrN3O4S. The standard InChI is InChI=1S/C23H30BrN3O4S/c1-5-14-25-23(29)18(3)26(15-19-11-7-6-10-17(19)2)22(28)16-27(32(4,30)31)21-13-9-8-12-20(21)24/h6-13,18H,5,14-16H2,1-4H3,(H,25,29)/t18-/m0/s1. The van der Waals surface area contributed by atoms with Crippen LogP contribution in [0.15, 0.2) is 53.0 Å². The molecule has 7 nitrogen and oxygen atoms in total. The van der Waals surface area contributed by atoms with Crippen LogP contribution in [-0.2, 0) is 26.2 Å². The molecule has 0 bridgehead atoms. The van der Waals surface area contributed by atoms with Gasteiger partial charge in [0.2, 0.25) is 21.8 Å². The lowest BCUT2D eigenvalue weighted by atomic mass is 10.1. The second kappa shape index (κ2) is 11.5. The molecule has 0 heterocycles. The van der Waals surface area contributed by atoms with Gasteiger partial charge >= 0.3 is 0 Å². The van der Waals surface area contributed by atoms with Gasteiger partial charge in [-0.1, -0.05) is 43.3 Å². The Balaban J connectivity index is 2.40. The minimum absolute atomic E-state index is 0.194. The molecule has 2 amide bonds. The van der Waals surface area contributed by atoms with Gasteiger partial charge in [-0.3, -0.25) is 13.9 Å². The third-order valence-electron chi connectivity index (χ3n) is 5.12. The van der Waals surface area contributed by atoms with Crippen molar-refractivity contribution in [2.45, 2.75) is 39.8 Å². The van der Waals surface area contributed by atoms with Gasteiger partial charge in [0.05, 0.1) is 11.9 Å². The van der Waals surface area contributed by atoms with Crippen molar-refractivity contribution in [3.8, 4) is 0 Å². The van der Waals surface area contributed by atoms with Crippen molar-refractivity contribution in [3.63, 3.8) is 0 Å². The summed E-state index contributed by atoms with van der Waals surface area (Å²) in [6.45, 7) is 5.82. The first-order valence-electron chi connectivity index (χ1n) is 10.4. The van der Waals surface area contributed by atoms with Gasteiger partial charge in [-0.2, -0.15) is 0 Å². The van der Waals surface area contributed by atoms with Gasteiger partial charge in [-0.05, 0) is 59.5 Å². The van der Waals surface area contributed by atoms with E-state index in [4.69, 9.17) is 0 Å². The molecule has 0 aliphatic carbocycles. The summed E-state index contributed by atoms with van der Waals surface area (Å²) < 4.78 is 26.7. The van der Waals surface area contributed by atoms with Crippen LogP contribution in [0.2, 0.25) is 0 Å². The lowest BCUT2D eigenvalue weighted by molar-refractivity contribution is -0.139. The van der Waals surface area contributed by atoms with Gasteiger partial charge in [0.15, 0.2) is 0 Å². The van der Waals surface area contributed by atoms with E-state index in [9.17, 15) is 18.0 Å². The summed E-state index contributed by atoms with van der Waals surface area (Å²) >= 11 is 3.37. The monoisotopic (exact) mass is 523 g/mol.